The average molecular weight is 268 g/mol. The highest BCUT2D eigenvalue weighted by atomic mass is 16.6. The van der Waals surface area contributed by atoms with Crippen LogP contribution in [0.15, 0.2) is 4.42 Å². The monoisotopic (exact) mass is 268 g/mol. The molecule has 7 nitrogen and oxygen atoms in total. The van der Waals surface area contributed by atoms with Crippen molar-refractivity contribution in [1.82, 2.24) is 20.4 Å². The predicted octanol–water partition coefficient (Wildman–Crippen LogP) is 1.26. The average Bonchev–Trinajstić information content (AvgIpc) is 2.74. The first-order chi connectivity index (χ1) is 8.85. The molecule has 2 rings (SSSR count). The van der Waals surface area contributed by atoms with Crippen molar-refractivity contribution in [3.8, 4) is 0 Å². The summed E-state index contributed by atoms with van der Waals surface area (Å²) in [6, 6.07) is -0.137. The molecule has 1 N–H and O–H groups in total. The van der Waals surface area contributed by atoms with Gasteiger partial charge in [0.25, 0.3) is 0 Å². The highest BCUT2D eigenvalue weighted by Gasteiger charge is 2.30. The molecule has 1 aromatic rings. The minimum atomic E-state index is -0.488. The summed E-state index contributed by atoms with van der Waals surface area (Å²) < 4.78 is 10.7. The topological polar surface area (TPSA) is 80.5 Å². The molecule has 0 spiro atoms. The number of ether oxygens (including phenoxy) is 1. The number of nitrogens with zero attached hydrogens (tertiary/aromatic N) is 3. The molecule has 106 valence electrons. The fourth-order valence-electron chi connectivity index (χ4n) is 1.86. The third kappa shape index (κ3) is 3.66. The Kier molecular flexibility index (Phi) is 3.75. The second-order valence-electron chi connectivity index (χ2n) is 5.59. The van der Waals surface area contributed by atoms with E-state index in [1.165, 1.54) is 0 Å². The van der Waals surface area contributed by atoms with E-state index in [1.54, 1.807) is 11.8 Å². The molecule has 1 aromatic heterocycles. The number of aromatic nitrogens is 2. The molecular formula is C12H20N4O3. The quantitative estimate of drug-likeness (QED) is 0.826. The van der Waals surface area contributed by atoms with E-state index >= 15 is 0 Å². The smallest absolute Gasteiger partial charge is 0.410 e. The van der Waals surface area contributed by atoms with Crippen LogP contribution in [0.4, 0.5) is 4.79 Å². The van der Waals surface area contributed by atoms with Crippen LogP contribution in [0.1, 0.15) is 38.6 Å². The molecule has 1 saturated heterocycles. The Hall–Kier alpha value is -1.63. The van der Waals surface area contributed by atoms with E-state index in [2.05, 4.69) is 15.5 Å². The van der Waals surface area contributed by atoms with Gasteiger partial charge < -0.3 is 19.4 Å². The van der Waals surface area contributed by atoms with Gasteiger partial charge in [-0.1, -0.05) is 0 Å². The molecule has 2 heterocycles. The van der Waals surface area contributed by atoms with Gasteiger partial charge in [-0.25, -0.2) is 4.79 Å². The Morgan fingerprint density at radius 3 is 2.79 bits per heavy atom. The molecule has 0 aliphatic carbocycles. The Morgan fingerprint density at radius 1 is 1.47 bits per heavy atom. The first-order valence-electron chi connectivity index (χ1n) is 6.36. The van der Waals surface area contributed by atoms with Crippen LogP contribution in [0.5, 0.6) is 0 Å². The molecule has 1 unspecified atom stereocenters. The van der Waals surface area contributed by atoms with E-state index in [1.807, 2.05) is 20.8 Å². The first-order valence-corrected chi connectivity index (χ1v) is 6.36. The lowest BCUT2D eigenvalue weighted by Gasteiger charge is -2.33. The van der Waals surface area contributed by atoms with E-state index in [4.69, 9.17) is 9.15 Å². The van der Waals surface area contributed by atoms with Gasteiger partial charge in [0.1, 0.15) is 11.6 Å². The van der Waals surface area contributed by atoms with Crippen molar-refractivity contribution in [2.45, 2.75) is 39.3 Å². The number of nitrogens with one attached hydrogen (secondary N) is 1. The molecule has 19 heavy (non-hydrogen) atoms. The van der Waals surface area contributed by atoms with Crippen LogP contribution in [0.3, 0.4) is 0 Å². The number of rotatable bonds is 1. The third-order valence-corrected chi connectivity index (χ3v) is 2.67. The van der Waals surface area contributed by atoms with Crippen LogP contribution < -0.4 is 5.32 Å². The van der Waals surface area contributed by atoms with Gasteiger partial charge in [-0.2, -0.15) is 0 Å². The van der Waals surface area contributed by atoms with Gasteiger partial charge in [0.05, 0.1) is 0 Å². The number of aryl methyl sites for hydroxylation is 1. The van der Waals surface area contributed by atoms with Gasteiger partial charge in [0.2, 0.25) is 11.8 Å². The van der Waals surface area contributed by atoms with Crippen LogP contribution >= 0.6 is 0 Å². The summed E-state index contributed by atoms with van der Waals surface area (Å²) in [6.07, 6.45) is -0.310. The zero-order valence-electron chi connectivity index (χ0n) is 11.8. The first kappa shape index (κ1) is 13.8. The Bertz CT molecular complexity index is 452. The maximum Gasteiger partial charge on any atom is 0.410 e. The molecule has 1 aliphatic rings. The molecule has 1 fully saturated rings. The van der Waals surface area contributed by atoms with Gasteiger partial charge in [-0.3, -0.25) is 0 Å². The van der Waals surface area contributed by atoms with E-state index in [0.29, 0.717) is 31.4 Å². The van der Waals surface area contributed by atoms with Crippen LogP contribution in [0, 0.1) is 6.92 Å². The third-order valence-electron chi connectivity index (χ3n) is 2.67. The standard InChI is InChI=1S/C12H20N4O3/c1-8-14-15-10(18-8)9-7-16(6-5-13-9)11(17)19-12(2,3)4/h9,13H,5-7H2,1-4H3. The van der Waals surface area contributed by atoms with Gasteiger partial charge in [0.15, 0.2) is 0 Å². The number of hydrogen-bond acceptors (Lipinski definition) is 6. The Labute approximate surface area is 112 Å². The molecule has 1 amide bonds. The van der Waals surface area contributed by atoms with Crippen molar-refractivity contribution in [3.63, 3.8) is 0 Å². The maximum absolute atomic E-state index is 12.0. The molecule has 0 bridgehead atoms. The molecule has 7 heteroatoms. The van der Waals surface area contributed by atoms with Crippen molar-refractivity contribution in [3.05, 3.63) is 11.8 Å². The number of carbonyl (C=O) groups is 1. The van der Waals surface area contributed by atoms with E-state index in [9.17, 15) is 4.79 Å². The van der Waals surface area contributed by atoms with Gasteiger partial charge in [-0.05, 0) is 20.8 Å². The molecule has 0 aromatic carbocycles. The highest BCUT2D eigenvalue weighted by molar-refractivity contribution is 5.68. The predicted molar refractivity (Wildman–Crippen MR) is 67.6 cm³/mol. The minimum Gasteiger partial charge on any atom is -0.444 e. The molecule has 0 radical (unpaired) electrons. The van der Waals surface area contributed by atoms with E-state index < -0.39 is 5.60 Å². The van der Waals surface area contributed by atoms with Crippen molar-refractivity contribution in [2.24, 2.45) is 0 Å². The van der Waals surface area contributed by atoms with Crippen LogP contribution in [0.2, 0.25) is 0 Å². The summed E-state index contributed by atoms with van der Waals surface area (Å²) >= 11 is 0. The van der Waals surface area contributed by atoms with Crippen molar-refractivity contribution in [2.75, 3.05) is 19.6 Å². The normalized spacial score (nSPS) is 20.4. The lowest BCUT2D eigenvalue weighted by molar-refractivity contribution is 0.0186. The second-order valence-corrected chi connectivity index (χ2v) is 5.59. The maximum atomic E-state index is 12.0. The van der Waals surface area contributed by atoms with Crippen molar-refractivity contribution < 1.29 is 13.9 Å². The second kappa shape index (κ2) is 5.16. The number of amides is 1. The lowest BCUT2D eigenvalue weighted by Crippen LogP contribution is -2.49. The highest BCUT2D eigenvalue weighted by Crippen LogP contribution is 2.18. The van der Waals surface area contributed by atoms with Gasteiger partial charge in [-0.15, -0.1) is 10.2 Å². The van der Waals surface area contributed by atoms with E-state index in [-0.39, 0.29) is 12.1 Å². The largest absolute Gasteiger partial charge is 0.444 e. The molecule has 0 saturated carbocycles. The number of carbonyl (C=O) groups excluding carboxylic acids is 1. The van der Waals surface area contributed by atoms with Crippen LogP contribution in [-0.2, 0) is 4.74 Å². The van der Waals surface area contributed by atoms with E-state index in [0.717, 1.165) is 0 Å². The number of piperazine rings is 1. The lowest BCUT2D eigenvalue weighted by atomic mass is 10.2. The summed E-state index contributed by atoms with van der Waals surface area (Å²) in [4.78, 5) is 13.7. The van der Waals surface area contributed by atoms with Crippen molar-refractivity contribution >= 4 is 6.09 Å². The fraction of sp³-hybridized carbons (Fsp3) is 0.750. The summed E-state index contributed by atoms with van der Waals surface area (Å²) in [7, 11) is 0. The summed E-state index contributed by atoms with van der Waals surface area (Å²) in [5.41, 5.74) is -0.488. The van der Waals surface area contributed by atoms with Gasteiger partial charge >= 0.3 is 6.09 Å². The fourth-order valence-corrected chi connectivity index (χ4v) is 1.86. The Morgan fingerprint density at radius 2 is 2.21 bits per heavy atom. The zero-order chi connectivity index (χ0) is 14.0. The zero-order valence-corrected chi connectivity index (χ0v) is 11.8. The van der Waals surface area contributed by atoms with Crippen molar-refractivity contribution in [1.29, 1.82) is 0 Å². The summed E-state index contributed by atoms with van der Waals surface area (Å²) in [6.45, 7) is 9.05. The molecule has 1 atom stereocenters. The van der Waals surface area contributed by atoms with Crippen LogP contribution in [-0.4, -0.2) is 46.4 Å². The minimum absolute atomic E-state index is 0.137. The van der Waals surface area contributed by atoms with Crippen LogP contribution in [0.25, 0.3) is 0 Å². The van der Waals surface area contributed by atoms with Gasteiger partial charge in [0, 0.05) is 26.6 Å². The Balaban J connectivity index is 1.99. The number of hydrogen-bond donors (Lipinski definition) is 1. The molecule has 1 aliphatic heterocycles. The summed E-state index contributed by atoms with van der Waals surface area (Å²) in [5.74, 6) is 1.02. The SMILES string of the molecule is Cc1nnc(C2CN(C(=O)OC(C)(C)C)CCN2)o1. The summed E-state index contributed by atoms with van der Waals surface area (Å²) in [5, 5.41) is 11.0. The molecular weight excluding hydrogens is 248 g/mol.